The molecule has 0 fully saturated rings. The van der Waals surface area contributed by atoms with Gasteiger partial charge in [-0.25, -0.2) is 4.39 Å². The van der Waals surface area contributed by atoms with Gasteiger partial charge in [0.2, 0.25) is 0 Å². The van der Waals surface area contributed by atoms with Crippen LogP contribution in [0.4, 0.5) is 4.39 Å². The lowest BCUT2D eigenvalue weighted by molar-refractivity contribution is 0.210. The van der Waals surface area contributed by atoms with Gasteiger partial charge in [-0.15, -0.1) is 0 Å². The number of ether oxygens (including phenoxy) is 1. The Balaban J connectivity index is 1.58. The first-order chi connectivity index (χ1) is 10.1. The summed E-state index contributed by atoms with van der Waals surface area (Å²) in [5.41, 5.74) is 9.70. The Morgan fingerprint density at radius 1 is 1.29 bits per heavy atom. The predicted octanol–water partition coefficient (Wildman–Crippen LogP) is 3.40. The number of hydrogen-bond acceptors (Lipinski definition) is 2. The van der Waals surface area contributed by atoms with E-state index in [0.29, 0.717) is 0 Å². The van der Waals surface area contributed by atoms with Crippen molar-refractivity contribution in [1.82, 2.24) is 0 Å². The van der Waals surface area contributed by atoms with Crippen molar-refractivity contribution in [3.8, 4) is 5.75 Å². The van der Waals surface area contributed by atoms with Crippen LogP contribution in [0.5, 0.6) is 5.75 Å². The van der Waals surface area contributed by atoms with Crippen molar-refractivity contribution in [3.05, 3.63) is 65.0 Å². The molecule has 2 N–H and O–H groups in total. The van der Waals surface area contributed by atoms with E-state index < -0.39 is 0 Å². The van der Waals surface area contributed by atoms with Crippen LogP contribution in [0.2, 0.25) is 0 Å². The van der Waals surface area contributed by atoms with E-state index in [2.05, 4.69) is 31.2 Å². The van der Waals surface area contributed by atoms with Crippen molar-refractivity contribution >= 4 is 0 Å². The molecule has 0 saturated carbocycles. The molecule has 0 saturated heterocycles. The number of fused-ring (bicyclic) bond motifs is 1. The highest BCUT2D eigenvalue weighted by Crippen LogP contribution is 2.31. The van der Waals surface area contributed by atoms with Crippen LogP contribution in [0.15, 0.2) is 42.5 Å². The second-order valence-corrected chi connectivity index (χ2v) is 5.88. The van der Waals surface area contributed by atoms with E-state index in [4.69, 9.17) is 10.5 Å². The van der Waals surface area contributed by atoms with Crippen LogP contribution in [0.3, 0.4) is 0 Å². The van der Waals surface area contributed by atoms with Gasteiger partial charge < -0.3 is 10.5 Å². The van der Waals surface area contributed by atoms with E-state index in [1.165, 1.54) is 17.2 Å². The summed E-state index contributed by atoms with van der Waals surface area (Å²) < 4.78 is 19.0. The van der Waals surface area contributed by atoms with Gasteiger partial charge in [-0.2, -0.15) is 0 Å². The van der Waals surface area contributed by atoms with Gasteiger partial charge in [-0.1, -0.05) is 29.8 Å². The lowest BCUT2D eigenvalue weighted by Crippen LogP contribution is -2.30. The summed E-state index contributed by atoms with van der Waals surface area (Å²) in [6, 6.07) is 13.2. The SMILES string of the molecule is Cc1cccc(CC(N)CC2Cc3cc(F)ccc3O2)c1. The van der Waals surface area contributed by atoms with Gasteiger partial charge in [0.05, 0.1) is 0 Å². The van der Waals surface area contributed by atoms with Crippen LogP contribution < -0.4 is 10.5 Å². The molecule has 0 bridgehead atoms. The molecule has 1 aliphatic heterocycles. The fourth-order valence-electron chi connectivity index (χ4n) is 2.98. The quantitative estimate of drug-likeness (QED) is 0.934. The van der Waals surface area contributed by atoms with Crippen molar-refractivity contribution in [2.75, 3.05) is 0 Å². The molecule has 2 atom stereocenters. The number of rotatable bonds is 4. The van der Waals surface area contributed by atoms with Crippen LogP contribution in [0, 0.1) is 12.7 Å². The first-order valence-electron chi connectivity index (χ1n) is 7.36. The summed E-state index contributed by atoms with van der Waals surface area (Å²) in [5.74, 6) is 0.589. The largest absolute Gasteiger partial charge is 0.490 e. The van der Waals surface area contributed by atoms with Gasteiger partial charge in [0.1, 0.15) is 17.7 Å². The van der Waals surface area contributed by atoms with Crippen LogP contribution in [-0.2, 0) is 12.8 Å². The minimum Gasteiger partial charge on any atom is -0.490 e. The van der Waals surface area contributed by atoms with Gasteiger partial charge in [0.25, 0.3) is 0 Å². The Hall–Kier alpha value is -1.87. The summed E-state index contributed by atoms with van der Waals surface area (Å²) in [5, 5.41) is 0. The molecule has 3 heteroatoms. The van der Waals surface area contributed by atoms with Crippen molar-refractivity contribution in [2.24, 2.45) is 5.73 Å². The standard InChI is InChI=1S/C18H20FNO/c1-12-3-2-4-13(7-12)8-16(20)11-17-10-14-9-15(19)5-6-18(14)21-17/h2-7,9,16-17H,8,10-11,20H2,1H3. The predicted molar refractivity (Wildman–Crippen MR) is 82.0 cm³/mol. The molecule has 0 amide bonds. The monoisotopic (exact) mass is 285 g/mol. The smallest absolute Gasteiger partial charge is 0.123 e. The second-order valence-electron chi connectivity index (χ2n) is 5.88. The lowest BCUT2D eigenvalue weighted by atomic mass is 9.98. The van der Waals surface area contributed by atoms with Gasteiger partial charge >= 0.3 is 0 Å². The highest BCUT2D eigenvalue weighted by Gasteiger charge is 2.25. The van der Waals surface area contributed by atoms with Crippen LogP contribution in [0.25, 0.3) is 0 Å². The van der Waals surface area contributed by atoms with Gasteiger partial charge in [-0.05, 0) is 37.1 Å². The highest BCUT2D eigenvalue weighted by molar-refractivity contribution is 5.38. The van der Waals surface area contributed by atoms with Gasteiger partial charge in [0, 0.05) is 24.4 Å². The van der Waals surface area contributed by atoms with Crippen LogP contribution >= 0.6 is 0 Å². The second kappa shape index (κ2) is 5.86. The van der Waals surface area contributed by atoms with Crippen LogP contribution in [0.1, 0.15) is 23.1 Å². The zero-order valence-corrected chi connectivity index (χ0v) is 12.2. The molecule has 2 aromatic carbocycles. The van der Waals surface area contributed by atoms with Crippen LogP contribution in [-0.4, -0.2) is 12.1 Å². The van der Waals surface area contributed by atoms with E-state index in [1.807, 2.05) is 0 Å². The number of halogens is 1. The third kappa shape index (κ3) is 3.42. The maximum absolute atomic E-state index is 13.2. The average molecular weight is 285 g/mol. The highest BCUT2D eigenvalue weighted by atomic mass is 19.1. The van der Waals surface area contributed by atoms with E-state index in [-0.39, 0.29) is 18.0 Å². The molecule has 2 aromatic rings. The lowest BCUT2D eigenvalue weighted by Gasteiger charge is -2.17. The first kappa shape index (κ1) is 14.1. The molecule has 0 radical (unpaired) electrons. The molecule has 1 heterocycles. The van der Waals surface area contributed by atoms with E-state index in [0.717, 1.165) is 30.6 Å². The van der Waals surface area contributed by atoms with E-state index >= 15 is 0 Å². The normalized spacial score (nSPS) is 18.1. The summed E-state index contributed by atoms with van der Waals surface area (Å²) >= 11 is 0. The van der Waals surface area contributed by atoms with Gasteiger partial charge in [-0.3, -0.25) is 0 Å². The third-order valence-corrected chi connectivity index (χ3v) is 3.91. The number of hydrogen-bond donors (Lipinski definition) is 1. The molecule has 3 rings (SSSR count). The molecule has 0 aromatic heterocycles. The van der Waals surface area contributed by atoms with Crippen molar-refractivity contribution in [2.45, 2.75) is 38.3 Å². The molecule has 2 unspecified atom stereocenters. The minimum atomic E-state index is -0.206. The fraction of sp³-hybridized carbons (Fsp3) is 0.333. The van der Waals surface area contributed by atoms with E-state index in [1.54, 1.807) is 12.1 Å². The minimum absolute atomic E-state index is 0.0518. The van der Waals surface area contributed by atoms with E-state index in [9.17, 15) is 4.39 Å². The van der Waals surface area contributed by atoms with Crippen molar-refractivity contribution < 1.29 is 9.13 Å². The number of benzene rings is 2. The van der Waals surface area contributed by atoms with Gasteiger partial charge in [0.15, 0.2) is 0 Å². The Morgan fingerprint density at radius 3 is 2.95 bits per heavy atom. The topological polar surface area (TPSA) is 35.2 Å². The molecule has 21 heavy (non-hydrogen) atoms. The zero-order chi connectivity index (χ0) is 14.8. The molecule has 110 valence electrons. The fourth-order valence-corrected chi connectivity index (χ4v) is 2.98. The maximum atomic E-state index is 13.2. The molecule has 0 spiro atoms. The Morgan fingerprint density at radius 2 is 2.14 bits per heavy atom. The van der Waals surface area contributed by atoms with Crippen molar-refractivity contribution in [1.29, 1.82) is 0 Å². The Labute approximate surface area is 124 Å². The molecule has 1 aliphatic rings. The molecule has 2 nitrogen and oxygen atoms in total. The number of nitrogens with two attached hydrogens (primary N) is 1. The first-order valence-corrected chi connectivity index (χ1v) is 7.36. The maximum Gasteiger partial charge on any atom is 0.123 e. The van der Waals surface area contributed by atoms with Crippen molar-refractivity contribution in [3.63, 3.8) is 0 Å². The number of aryl methyl sites for hydroxylation is 1. The summed E-state index contributed by atoms with van der Waals surface area (Å²) in [4.78, 5) is 0. The summed E-state index contributed by atoms with van der Waals surface area (Å²) in [7, 11) is 0. The molecular weight excluding hydrogens is 265 g/mol. The summed E-state index contributed by atoms with van der Waals surface area (Å²) in [6.45, 7) is 2.08. The summed E-state index contributed by atoms with van der Waals surface area (Å²) in [6.07, 6.45) is 2.42. The average Bonchev–Trinajstić information content (AvgIpc) is 2.79. The molecular formula is C18H20FNO. The Kier molecular flexibility index (Phi) is 3.93. The molecule has 0 aliphatic carbocycles. The zero-order valence-electron chi connectivity index (χ0n) is 12.2. The third-order valence-electron chi connectivity index (χ3n) is 3.91. The Bertz CT molecular complexity index is 641.